The third kappa shape index (κ3) is 2.47. The van der Waals surface area contributed by atoms with Gasteiger partial charge >= 0.3 is 0 Å². The van der Waals surface area contributed by atoms with Crippen molar-refractivity contribution in [2.75, 3.05) is 11.9 Å². The van der Waals surface area contributed by atoms with Gasteiger partial charge in [-0.05, 0) is 32.0 Å². The summed E-state index contributed by atoms with van der Waals surface area (Å²) in [5.74, 6) is 1.60. The smallest absolute Gasteiger partial charge is 0.254 e. The van der Waals surface area contributed by atoms with Gasteiger partial charge in [0.2, 0.25) is 5.91 Å². The Morgan fingerprint density at radius 2 is 2.17 bits per heavy atom. The molecule has 1 aromatic carbocycles. The molecule has 124 valence electrons. The second-order valence-corrected chi connectivity index (χ2v) is 7.38. The van der Waals surface area contributed by atoms with E-state index < -0.39 is 0 Å². The van der Waals surface area contributed by atoms with Gasteiger partial charge in [-0.2, -0.15) is 0 Å². The highest BCUT2D eigenvalue weighted by Gasteiger charge is 2.27. The molecule has 2 aliphatic heterocycles. The van der Waals surface area contributed by atoms with Crippen LogP contribution >= 0.6 is 11.8 Å². The zero-order chi connectivity index (χ0) is 16.8. The number of fused-ring (bicyclic) bond motifs is 2. The lowest BCUT2D eigenvalue weighted by Crippen LogP contribution is -2.38. The average molecular weight is 343 g/mol. The number of thioether (sulfide) groups is 1. The molecule has 1 atom stereocenters. The molecular formula is C16H17N5O2S. The number of nitrogens with one attached hydrogen (secondary N) is 1. The second kappa shape index (κ2) is 5.62. The minimum atomic E-state index is -0.115. The van der Waals surface area contributed by atoms with Gasteiger partial charge in [0.25, 0.3) is 5.91 Å². The highest BCUT2D eigenvalue weighted by molar-refractivity contribution is 8.00. The molecule has 7 nitrogen and oxygen atoms in total. The molecule has 0 spiro atoms. The number of carbonyl (C=O) groups is 2. The van der Waals surface area contributed by atoms with Gasteiger partial charge in [0, 0.05) is 23.5 Å². The average Bonchev–Trinajstić information content (AvgIpc) is 2.95. The molecular weight excluding hydrogens is 326 g/mol. The van der Waals surface area contributed by atoms with Crippen molar-refractivity contribution >= 4 is 29.3 Å². The van der Waals surface area contributed by atoms with E-state index >= 15 is 0 Å². The van der Waals surface area contributed by atoms with Crippen LogP contribution in [0, 0.1) is 6.92 Å². The maximum atomic E-state index is 12.8. The molecule has 0 bridgehead atoms. The summed E-state index contributed by atoms with van der Waals surface area (Å²) in [5, 5.41) is 10.9. The first kappa shape index (κ1) is 15.2. The number of anilines is 1. The summed E-state index contributed by atoms with van der Waals surface area (Å²) < 4.78 is 2.04. The monoisotopic (exact) mass is 343 g/mol. The van der Waals surface area contributed by atoms with Gasteiger partial charge in [0.15, 0.2) is 5.82 Å². The summed E-state index contributed by atoms with van der Waals surface area (Å²) in [6.07, 6.45) is 0. The molecule has 0 fully saturated rings. The van der Waals surface area contributed by atoms with E-state index in [1.807, 2.05) is 30.5 Å². The lowest BCUT2D eigenvalue weighted by atomic mass is 10.1. The molecule has 3 heterocycles. The number of carbonyl (C=O) groups excluding carboxylic acids is 2. The predicted molar refractivity (Wildman–Crippen MR) is 89.9 cm³/mol. The number of nitrogens with zero attached hydrogens (tertiary/aromatic N) is 4. The van der Waals surface area contributed by atoms with Crippen molar-refractivity contribution in [2.45, 2.75) is 37.1 Å². The van der Waals surface area contributed by atoms with Gasteiger partial charge in [-0.25, -0.2) is 0 Å². The highest BCUT2D eigenvalue weighted by atomic mass is 32.2. The Morgan fingerprint density at radius 3 is 3.00 bits per heavy atom. The van der Waals surface area contributed by atoms with Crippen molar-refractivity contribution in [3.8, 4) is 0 Å². The van der Waals surface area contributed by atoms with Gasteiger partial charge in [-0.3, -0.25) is 9.59 Å². The SMILES string of the molecule is Cc1nnc2n1CCN(C(=O)c1ccc3c(c1)NC(=O)C(C)S3)C2. The fraction of sp³-hybridized carbons (Fsp3) is 0.375. The van der Waals surface area contributed by atoms with Crippen LogP contribution in [0.2, 0.25) is 0 Å². The van der Waals surface area contributed by atoms with Gasteiger partial charge in [0.05, 0.1) is 17.5 Å². The van der Waals surface area contributed by atoms with E-state index in [2.05, 4.69) is 15.5 Å². The Morgan fingerprint density at radius 1 is 1.33 bits per heavy atom. The topological polar surface area (TPSA) is 80.1 Å². The Balaban J connectivity index is 1.57. The number of amides is 2. The van der Waals surface area contributed by atoms with Crippen LogP contribution in [-0.2, 0) is 17.9 Å². The van der Waals surface area contributed by atoms with Crippen LogP contribution in [0.1, 0.15) is 28.9 Å². The van der Waals surface area contributed by atoms with E-state index in [9.17, 15) is 9.59 Å². The largest absolute Gasteiger partial charge is 0.329 e. The lowest BCUT2D eigenvalue weighted by molar-refractivity contribution is -0.115. The molecule has 24 heavy (non-hydrogen) atoms. The quantitative estimate of drug-likeness (QED) is 0.852. The molecule has 2 aromatic rings. The molecule has 2 amide bonds. The molecule has 4 rings (SSSR count). The second-order valence-electron chi connectivity index (χ2n) is 6.00. The van der Waals surface area contributed by atoms with Crippen LogP contribution in [0.4, 0.5) is 5.69 Å². The zero-order valence-electron chi connectivity index (χ0n) is 13.4. The summed E-state index contributed by atoms with van der Waals surface area (Å²) in [4.78, 5) is 27.4. The van der Waals surface area contributed by atoms with Crippen LogP contribution in [0.15, 0.2) is 23.1 Å². The van der Waals surface area contributed by atoms with E-state index in [0.29, 0.717) is 30.9 Å². The van der Waals surface area contributed by atoms with Crippen LogP contribution in [0.5, 0.6) is 0 Å². The van der Waals surface area contributed by atoms with E-state index in [1.165, 1.54) is 11.8 Å². The van der Waals surface area contributed by atoms with Crippen LogP contribution < -0.4 is 5.32 Å². The van der Waals surface area contributed by atoms with Crippen molar-refractivity contribution in [2.24, 2.45) is 0 Å². The number of aryl methyl sites for hydroxylation is 1. The van der Waals surface area contributed by atoms with E-state index in [0.717, 1.165) is 16.5 Å². The van der Waals surface area contributed by atoms with Gasteiger partial charge in [0.1, 0.15) is 5.82 Å². The van der Waals surface area contributed by atoms with Crippen molar-refractivity contribution < 1.29 is 9.59 Å². The number of aromatic nitrogens is 3. The summed E-state index contributed by atoms with van der Waals surface area (Å²) in [6, 6.07) is 5.49. The molecule has 0 saturated carbocycles. The molecule has 0 aliphatic carbocycles. The third-order valence-corrected chi connectivity index (χ3v) is 5.56. The van der Waals surface area contributed by atoms with E-state index in [1.54, 1.807) is 11.0 Å². The van der Waals surface area contributed by atoms with Crippen LogP contribution in [-0.4, -0.2) is 43.3 Å². The Bertz CT molecular complexity index is 847. The maximum absolute atomic E-state index is 12.8. The number of benzene rings is 1. The standard InChI is InChI=1S/C16H17N5O2S/c1-9-15(22)17-12-7-11(3-4-13(12)24-9)16(23)20-5-6-21-10(2)18-19-14(21)8-20/h3-4,7,9H,5-6,8H2,1-2H3,(H,17,22). The van der Waals surface area contributed by atoms with Crippen LogP contribution in [0.25, 0.3) is 0 Å². The fourth-order valence-corrected chi connectivity index (χ4v) is 3.93. The molecule has 1 unspecified atom stereocenters. The van der Waals surface area contributed by atoms with Crippen molar-refractivity contribution in [3.63, 3.8) is 0 Å². The van der Waals surface area contributed by atoms with Crippen LogP contribution in [0.3, 0.4) is 0 Å². The summed E-state index contributed by atoms with van der Waals surface area (Å²) >= 11 is 1.51. The normalized spacial score (nSPS) is 19.5. The first-order valence-electron chi connectivity index (χ1n) is 7.82. The molecule has 2 aliphatic rings. The summed E-state index contributed by atoms with van der Waals surface area (Å²) in [6.45, 7) is 5.57. The minimum Gasteiger partial charge on any atom is -0.329 e. The van der Waals surface area contributed by atoms with Gasteiger partial charge in [-0.1, -0.05) is 0 Å². The van der Waals surface area contributed by atoms with Crippen molar-refractivity contribution in [3.05, 3.63) is 35.4 Å². The Hall–Kier alpha value is -2.35. The number of hydrogen-bond acceptors (Lipinski definition) is 5. The molecule has 1 aromatic heterocycles. The van der Waals surface area contributed by atoms with Gasteiger partial charge < -0.3 is 14.8 Å². The zero-order valence-corrected chi connectivity index (χ0v) is 14.3. The Kier molecular flexibility index (Phi) is 3.56. The minimum absolute atomic E-state index is 0.0290. The molecule has 0 saturated heterocycles. The van der Waals surface area contributed by atoms with Crippen molar-refractivity contribution in [1.29, 1.82) is 0 Å². The molecule has 8 heteroatoms. The van der Waals surface area contributed by atoms with E-state index in [-0.39, 0.29) is 17.1 Å². The summed E-state index contributed by atoms with van der Waals surface area (Å²) in [5.41, 5.74) is 1.29. The fourth-order valence-electron chi connectivity index (χ4n) is 3.00. The third-order valence-electron chi connectivity index (χ3n) is 4.38. The first-order chi connectivity index (χ1) is 11.5. The molecule has 1 N–H and O–H groups in total. The van der Waals surface area contributed by atoms with Gasteiger partial charge in [-0.15, -0.1) is 22.0 Å². The van der Waals surface area contributed by atoms with E-state index in [4.69, 9.17) is 0 Å². The lowest BCUT2D eigenvalue weighted by Gasteiger charge is -2.28. The predicted octanol–water partition coefficient (Wildman–Crippen LogP) is 1.68. The first-order valence-corrected chi connectivity index (χ1v) is 8.70. The maximum Gasteiger partial charge on any atom is 0.254 e. The summed E-state index contributed by atoms with van der Waals surface area (Å²) in [7, 11) is 0. The Labute approximate surface area is 143 Å². The number of rotatable bonds is 1. The van der Waals surface area contributed by atoms with Crippen molar-refractivity contribution in [1.82, 2.24) is 19.7 Å². The number of hydrogen-bond donors (Lipinski definition) is 1. The highest BCUT2D eigenvalue weighted by Crippen LogP contribution is 2.36. The molecule has 0 radical (unpaired) electrons.